The molecule has 0 spiro atoms. The van der Waals surface area contributed by atoms with Crippen molar-refractivity contribution in [2.24, 2.45) is 0 Å². The highest BCUT2D eigenvalue weighted by Gasteiger charge is 2.36. The molecule has 2 heterocycles. The van der Waals surface area contributed by atoms with E-state index in [2.05, 4.69) is 9.97 Å². The minimum absolute atomic E-state index is 0.0603. The summed E-state index contributed by atoms with van der Waals surface area (Å²) in [6.45, 7) is 1.89. The van der Waals surface area contributed by atoms with Crippen LogP contribution < -0.4 is 0 Å². The highest BCUT2D eigenvalue weighted by Crippen LogP contribution is 2.37. The van der Waals surface area contributed by atoms with Gasteiger partial charge in [-0.1, -0.05) is 24.3 Å². The second-order valence-corrected chi connectivity index (χ2v) is 7.04. The van der Waals surface area contributed by atoms with Crippen molar-refractivity contribution in [1.82, 2.24) is 9.97 Å². The Bertz CT molecular complexity index is 909. The molecule has 0 saturated heterocycles. The maximum atomic E-state index is 11.4. The number of aromatic nitrogens is 2. The number of hydrogen-bond donors (Lipinski definition) is 2. The minimum Gasteiger partial charge on any atom is -0.379 e. The molecule has 2 atom stereocenters. The molecule has 140 valence electrons. The Morgan fingerprint density at radius 1 is 0.815 bits per heavy atom. The van der Waals surface area contributed by atoms with Crippen molar-refractivity contribution in [2.45, 2.75) is 18.1 Å². The molecular weight excluding hydrogens is 383 g/mol. The first-order chi connectivity index (χ1) is 13.0. The lowest BCUT2D eigenvalue weighted by Gasteiger charge is -2.32. The van der Waals surface area contributed by atoms with E-state index in [1.54, 1.807) is 61.2 Å². The van der Waals surface area contributed by atoms with Gasteiger partial charge in [0.15, 0.2) is 0 Å². The monoisotopic (exact) mass is 402 g/mol. The second-order valence-electron chi connectivity index (χ2n) is 6.50. The summed E-state index contributed by atoms with van der Waals surface area (Å²) in [6, 6.07) is 12.4. The van der Waals surface area contributed by atoms with Crippen molar-refractivity contribution >= 4 is 23.2 Å². The lowest BCUT2D eigenvalue weighted by atomic mass is 9.81. The van der Waals surface area contributed by atoms with E-state index in [0.29, 0.717) is 22.3 Å². The Morgan fingerprint density at radius 2 is 1.37 bits per heavy atom. The fourth-order valence-electron chi connectivity index (χ4n) is 3.17. The summed E-state index contributed by atoms with van der Waals surface area (Å²) in [5.74, 6) is -0.122. The first-order valence-electron chi connectivity index (χ1n) is 8.45. The van der Waals surface area contributed by atoms with Gasteiger partial charge in [0.2, 0.25) is 0 Å². The Kier molecular flexibility index (Phi) is 5.82. The Balaban J connectivity index is 2.17. The van der Waals surface area contributed by atoms with Crippen LogP contribution in [0.2, 0.25) is 0 Å². The number of rotatable bonds is 6. The standard InChI is InChI=1S/C21H20Cl2N2O2/c1-15-6-7-16(20(26,13-22)17-4-2-8-24-11-17)10-19(15)21(27,14-23)18-5-3-9-25-12-18/h2-12,26-27H,13-14H2,1H3. The predicted molar refractivity (Wildman–Crippen MR) is 107 cm³/mol. The molecule has 0 fully saturated rings. The van der Waals surface area contributed by atoms with E-state index >= 15 is 0 Å². The molecule has 0 radical (unpaired) electrons. The summed E-state index contributed by atoms with van der Waals surface area (Å²) >= 11 is 12.3. The molecule has 1 aromatic carbocycles. The quantitative estimate of drug-likeness (QED) is 0.616. The largest absolute Gasteiger partial charge is 0.379 e. The van der Waals surface area contributed by atoms with Gasteiger partial charge in [-0.3, -0.25) is 9.97 Å². The van der Waals surface area contributed by atoms with Gasteiger partial charge in [0.1, 0.15) is 11.2 Å². The lowest BCUT2D eigenvalue weighted by Crippen LogP contribution is -2.33. The van der Waals surface area contributed by atoms with Crippen molar-refractivity contribution in [3.8, 4) is 0 Å². The van der Waals surface area contributed by atoms with Gasteiger partial charge in [-0.15, -0.1) is 23.2 Å². The molecule has 2 unspecified atom stereocenters. The number of benzene rings is 1. The molecule has 0 aliphatic rings. The average Bonchev–Trinajstić information content (AvgIpc) is 2.74. The molecule has 0 amide bonds. The van der Waals surface area contributed by atoms with Crippen molar-refractivity contribution in [1.29, 1.82) is 0 Å². The van der Waals surface area contributed by atoms with Gasteiger partial charge < -0.3 is 10.2 Å². The number of nitrogens with zero attached hydrogens (tertiary/aromatic N) is 2. The van der Waals surface area contributed by atoms with Crippen molar-refractivity contribution in [3.05, 3.63) is 95.1 Å². The number of hydrogen-bond acceptors (Lipinski definition) is 4. The van der Waals surface area contributed by atoms with Crippen LogP contribution in [-0.2, 0) is 11.2 Å². The lowest BCUT2D eigenvalue weighted by molar-refractivity contribution is 0.0982. The summed E-state index contributed by atoms with van der Waals surface area (Å²) < 4.78 is 0. The Hall–Kier alpha value is -1.98. The first-order valence-corrected chi connectivity index (χ1v) is 9.52. The average molecular weight is 403 g/mol. The molecule has 2 N–H and O–H groups in total. The number of pyridine rings is 2. The SMILES string of the molecule is Cc1ccc(C(O)(CCl)c2cccnc2)cc1C(O)(CCl)c1cccnc1. The Morgan fingerprint density at radius 3 is 1.85 bits per heavy atom. The van der Waals surface area contributed by atoms with Gasteiger partial charge >= 0.3 is 0 Å². The molecule has 0 aliphatic heterocycles. The zero-order chi connectivity index (χ0) is 19.5. The summed E-state index contributed by atoms with van der Waals surface area (Å²) in [5, 5.41) is 22.7. The summed E-state index contributed by atoms with van der Waals surface area (Å²) in [5.41, 5.74) is 0.253. The number of aryl methyl sites for hydroxylation is 1. The third kappa shape index (κ3) is 3.58. The highest BCUT2D eigenvalue weighted by atomic mass is 35.5. The number of aliphatic hydroxyl groups is 2. The van der Waals surface area contributed by atoms with E-state index in [-0.39, 0.29) is 11.8 Å². The van der Waals surface area contributed by atoms with Crippen molar-refractivity contribution in [3.63, 3.8) is 0 Å². The molecule has 6 heteroatoms. The number of halogens is 2. The van der Waals surface area contributed by atoms with E-state index in [4.69, 9.17) is 23.2 Å². The summed E-state index contributed by atoms with van der Waals surface area (Å²) in [7, 11) is 0. The molecule has 4 nitrogen and oxygen atoms in total. The molecule has 0 bridgehead atoms. The van der Waals surface area contributed by atoms with E-state index in [9.17, 15) is 10.2 Å². The van der Waals surface area contributed by atoms with Crippen LogP contribution in [-0.4, -0.2) is 31.9 Å². The van der Waals surface area contributed by atoms with Crippen LogP contribution in [0.5, 0.6) is 0 Å². The minimum atomic E-state index is -1.45. The zero-order valence-corrected chi connectivity index (χ0v) is 16.3. The van der Waals surface area contributed by atoms with E-state index in [0.717, 1.165) is 5.56 Å². The van der Waals surface area contributed by atoms with E-state index < -0.39 is 11.2 Å². The summed E-state index contributed by atoms with van der Waals surface area (Å²) in [4.78, 5) is 8.17. The first kappa shape index (κ1) is 19.8. The van der Waals surface area contributed by atoms with Crippen LogP contribution in [0.3, 0.4) is 0 Å². The number of alkyl halides is 2. The Labute approximate surface area is 168 Å². The summed E-state index contributed by atoms with van der Waals surface area (Å²) in [6.07, 6.45) is 6.43. The fourth-order valence-corrected chi connectivity index (χ4v) is 3.77. The zero-order valence-electron chi connectivity index (χ0n) is 14.8. The maximum Gasteiger partial charge on any atom is 0.130 e. The van der Waals surface area contributed by atoms with Gasteiger partial charge in [0.25, 0.3) is 0 Å². The fraction of sp³-hybridized carbons (Fsp3) is 0.238. The molecule has 3 aromatic rings. The van der Waals surface area contributed by atoms with Crippen LogP contribution in [0.4, 0.5) is 0 Å². The van der Waals surface area contributed by atoms with E-state index in [1.807, 2.05) is 13.0 Å². The van der Waals surface area contributed by atoms with Gasteiger partial charge in [-0.05, 0) is 41.8 Å². The molecular formula is C21H20Cl2N2O2. The normalized spacial score (nSPS) is 15.7. The van der Waals surface area contributed by atoms with Crippen LogP contribution in [0.15, 0.2) is 67.3 Å². The molecule has 0 saturated carbocycles. The van der Waals surface area contributed by atoms with Gasteiger partial charge in [0.05, 0.1) is 11.8 Å². The van der Waals surface area contributed by atoms with Crippen molar-refractivity contribution < 1.29 is 10.2 Å². The third-order valence-corrected chi connectivity index (χ3v) is 5.60. The van der Waals surface area contributed by atoms with Crippen LogP contribution in [0, 0.1) is 6.92 Å². The van der Waals surface area contributed by atoms with Gasteiger partial charge in [-0.25, -0.2) is 0 Å². The van der Waals surface area contributed by atoms with Crippen molar-refractivity contribution in [2.75, 3.05) is 11.8 Å². The van der Waals surface area contributed by atoms with Crippen LogP contribution >= 0.6 is 23.2 Å². The van der Waals surface area contributed by atoms with Gasteiger partial charge in [0, 0.05) is 35.9 Å². The topological polar surface area (TPSA) is 66.2 Å². The maximum absolute atomic E-state index is 11.4. The predicted octanol–water partition coefficient (Wildman–Crippen LogP) is 3.73. The smallest absolute Gasteiger partial charge is 0.130 e. The second kappa shape index (κ2) is 7.95. The molecule has 3 rings (SSSR count). The van der Waals surface area contributed by atoms with E-state index in [1.165, 1.54) is 0 Å². The molecule has 27 heavy (non-hydrogen) atoms. The molecule has 2 aromatic heterocycles. The van der Waals surface area contributed by atoms with Crippen LogP contribution in [0.1, 0.15) is 27.8 Å². The van der Waals surface area contributed by atoms with Gasteiger partial charge in [-0.2, -0.15) is 0 Å². The highest BCUT2D eigenvalue weighted by molar-refractivity contribution is 6.19. The third-order valence-electron chi connectivity index (χ3n) is 4.83. The molecule has 0 aliphatic carbocycles. The van der Waals surface area contributed by atoms with Crippen LogP contribution in [0.25, 0.3) is 0 Å².